The summed E-state index contributed by atoms with van der Waals surface area (Å²) in [5.41, 5.74) is 5.35. The minimum atomic E-state index is -0.0388. The van der Waals surface area contributed by atoms with Crippen molar-refractivity contribution < 1.29 is 4.79 Å². The Morgan fingerprint density at radius 2 is 1.77 bits per heavy atom. The van der Waals surface area contributed by atoms with Gasteiger partial charge < -0.3 is 5.32 Å². The van der Waals surface area contributed by atoms with Gasteiger partial charge in [0.15, 0.2) is 0 Å². The van der Waals surface area contributed by atoms with Crippen LogP contribution in [-0.4, -0.2) is 36.2 Å². The molecule has 0 atom stereocenters. The van der Waals surface area contributed by atoms with Gasteiger partial charge in [-0.25, -0.2) is 0 Å². The number of rotatable bonds is 7. The molecule has 1 aliphatic carbocycles. The second-order valence-electron chi connectivity index (χ2n) is 8.91. The molecule has 1 amide bonds. The van der Waals surface area contributed by atoms with Crippen molar-refractivity contribution in [2.24, 2.45) is 5.10 Å². The summed E-state index contributed by atoms with van der Waals surface area (Å²) in [7, 11) is 2.23. The van der Waals surface area contributed by atoms with Gasteiger partial charge in [-0.1, -0.05) is 43.5 Å². The summed E-state index contributed by atoms with van der Waals surface area (Å²) in [6.45, 7) is 4.43. The van der Waals surface area contributed by atoms with Gasteiger partial charge in [0.05, 0.1) is 5.69 Å². The molecule has 0 bridgehead atoms. The van der Waals surface area contributed by atoms with E-state index >= 15 is 0 Å². The molecule has 0 spiro atoms. The molecule has 1 fully saturated rings. The topological polar surface area (TPSA) is 47.9 Å². The van der Waals surface area contributed by atoms with Crippen molar-refractivity contribution in [3.8, 4) is 0 Å². The first-order valence-corrected chi connectivity index (χ1v) is 11.6. The maximum atomic E-state index is 12.7. The molecular formula is C26H34N4O. The highest BCUT2D eigenvalue weighted by atomic mass is 16.1. The lowest BCUT2D eigenvalue weighted by Gasteiger charge is -2.31. The van der Waals surface area contributed by atoms with Crippen molar-refractivity contribution in [1.29, 1.82) is 0 Å². The Morgan fingerprint density at radius 1 is 1.06 bits per heavy atom. The molecule has 0 unspecified atom stereocenters. The molecule has 1 saturated carbocycles. The van der Waals surface area contributed by atoms with Gasteiger partial charge in [-0.2, -0.15) is 5.10 Å². The number of hydrogen-bond acceptors (Lipinski definition) is 4. The van der Waals surface area contributed by atoms with Crippen LogP contribution in [0.15, 0.2) is 53.6 Å². The van der Waals surface area contributed by atoms with Gasteiger partial charge in [0.2, 0.25) is 0 Å². The van der Waals surface area contributed by atoms with Gasteiger partial charge in [0.1, 0.15) is 0 Å². The highest BCUT2D eigenvalue weighted by molar-refractivity contribution is 5.94. The van der Waals surface area contributed by atoms with E-state index in [1.807, 2.05) is 36.2 Å². The van der Waals surface area contributed by atoms with Gasteiger partial charge in [-0.05, 0) is 62.2 Å². The van der Waals surface area contributed by atoms with Crippen molar-refractivity contribution >= 4 is 17.3 Å². The van der Waals surface area contributed by atoms with E-state index in [1.54, 1.807) is 0 Å². The lowest BCUT2D eigenvalue weighted by atomic mass is 9.94. The third-order valence-electron chi connectivity index (χ3n) is 6.58. The summed E-state index contributed by atoms with van der Waals surface area (Å²) in [6.07, 6.45) is 7.66. The third kappa shape index (κ3) is 5.53. The lowest BCUT2D eigenvalue weighted by molar-refractivity contribution is 0.0950. The Hall–Kier alpha value is -2.66. The fourth-order valence-corrected chi connectivity index (χ4v) is 4.63. The van der Waals surface area contributed by atoms with Crippen LogP contribution in [0, 0.1) is 0 Å². The molecule has 0 aromatic heterocycles. The van der Waals surface area contributed by atoms with Crippen LogP contribution in [0.2, 0.25) is 0 Å². The Labute approximate surface area is 186 Å². The van der Waals surface area contributed by atoms with Crippen LogP contribution in [0.3, 0.4) is 0 Å². The van der Waals surface area contributed by atoms with E-state index in [-0.39, 0.29) is 5.91 Å². The zero-order valence-electron chi connectivity index (χ0n) is 18.8. The first-order chi connectivity index (χ1) is 15.1. The van der Waals surface area contributed by atoms with Gasteiger partial charge in [0, 0.05) is 43.4 Å². The van der Waals surface area contributed by atoms with Crippen LogP contribution in [0.5, 0.6) is 0 Å². The highest BCUT2D eigenvalue weighted by Crippen LogP contribution is 2.24. The SMILES string of the molecule is CC1=NN(c2ccc(C(=O)NCc3ccccc3CN(C)C3CCCCC3)cc2)CC1. The van der Waals surface area contributed by atoms with Gasteiger partial charge in [-0.15, -0.1) is 0 Å². The average molecular weight is 419 g/mol. The molecule has 2 aromatic rings. The second kappa shape index (κ2) is 10.1. The van der Waals surface area contributed by atoms with Crippen LogP contribution < -0.4 is 10.3 Å². The molecular weight excluding hydrogens is 384 g/mol. The normalized spacial score (nSPS) is 17.1. The van der Waals surface area contributed by atoms with E-state index in [9.17, 15) is 4.79 Å². The summed E-state index contributed by atoms with van der Waals surface area (Å²) in [5.74, 6) is -0.0388. The first kappa shape index (κ1) is 21.6. The van der Waals surface area contributed by atoms with Gasteiger partial charge in [-0.3, -0.25) is 14.7 Å². The standard InChI is InChI=1S/C26H34N4O/c1-20-16-17-30(28-20)25-14-12-21(13-15-25)26(31)27-18-22-8-6-7-9-23(22)19-29(2)24-10-4-3-5-11-24/h6-9,12-15,24H,3-5,10-11,16-19H2,1-2H3,(H,27,31). The van der Waals surface area contributed by atoms with Crippen LogP contribution >= 0.6 is 0 Å². The predicted octanol–water partition coefficient (Wildman–Crippen LogP) is 4.97. The van der Waals surface area contributed by atoms with Crippen molar-refractivity contribution in [3.05, 3.63) is 65.2 Å². The molecule has 0 saturated heterocycles. The van der Waals surface area contributed by atoms with Gasteiger partial charge in [0.25, 0.3) is 5.91 Å². The maximum Gasteiger partial charge on any atom is 0.251 e. The number of nitrogens with one attached hydrogen (secondary N) is 1. The minimum absolute atomic E-state index is 0.0388. The second-order valence-corrected chi connectivity index (χ2v) is 8.91. The van der Waals surface area contributed by atoms with Crippen LogP contribution in [-0.2, 0) is 13.1 Å². The number of benzene rings is 2. The highest BCUT2D eigenvalue weighted by Gasteiger charge is 2.19. The molecule has 1 heterocycles. The average Bonchev–Trinajstić information content (AvgIpc) is 3.25. The van der Waals surface area contributed by atoms with E-state index in [4.69, 9.17) is 0 Å². The zero-order chi connectivity index (χ0) is 21.6. The van der Waals surface area contributed by atoms with Crippen molar-refractivity contribution in [2.75, 3.05) is 18.6 Å². The number of anilines is 1. The number of hydrazone groups is 1. The lowest BCUT2D eigenvalue weighted by Crippen LogP contribution is -2.33. The van der Waals surface area contributed by atoms with Crippen molar-refractivity contribution in [1.82, 2.24) is 10.2 Å². The molecule has 0 radical (unpaired) electrons. The molecule has 5 nitrogen and oxygen atoms in total. The number of carbonyl (C=O) groups is 1. The van der Waals surface area contributed by atoms with Crippen LogP contribution in [0.25, 0.3) is 0 Å². The summed E-state index contributed by atoms with van der Waals surface area (Å²) in [4.78, 5) is 15.2. The number of nitrogens with zero attached hydrogens (tertiary/aromatic N) is 3. The molecule has 2 aliphatic rings. The Balaban J connectivity index is 1.35. The molecule has 1 N–H and O–H groups in total. The van der Waals surface area contributed by atoms with Crippen molar-refractivity contribution in [2.45, 2.75) is 64.6 Å². The molecule has 1 aliphatic heterocycles. The van der Waals surface area contributed by atoms with E-state index in [2.05, 4.69) is 46.6 Å². The summed E-state index contributed by atoms with van der Waals surface area (Å²) < 4.78 is 0. The van der Waals surface area contributed by atoms with E-state index in [0.29, 0.717) is 18.2 Å². The van der Waals surface area contributed by atoms with E-state index in [0.717, 1.165) is 30.9 Å². The zero-order valence-corrected chi connectivity index (χ0v) is 18.8. The van der Waals surface area contributed by atoms with Crippen LogP contribution in [0.1, 0.15) is 66.9 Å². The molecule has 4 rings (SSSR count). The molecule has 2 aromatic carbocycles. The number of carbonyl (C=O) groups excluding carboxylic acids is 1. The smallest absolute Gasteiger partial charge is 0.251 e. The monoisotopic (exact) mass is 418 g/mol. The molecule has 164 valence electrons. The summed E-state index contributed by atoms with van der Waals surface area (Å²) in [6, 6.07) is 16.9. The Kier molecular flexibility index (Phi) is 7.03. The predicted molar refractivity (Wildman–Crippen MR) is 127 cm³/mol. The third-order valence-corrected chi connectivity index (χ3v) is 6.58. The maximum absolute atomic E-state index is 12.7. The quantitative estimate of drug-likeness (QED) is 0.691. The van der Waals surface area contributed by atoms with E-state index < -0.39 is 0 Å². The van der Waals surface area contributed by atoms with Crippen LogP contribution in [0.4, 0.5) is 5.69 Å². The summed E-state index contributed by atoms with van der Waals surface area (Å²) >= 11 is 0. The molecule has 5 heteroatoms. The Bertz CT molecular complexity index is 915. The van der Waals surface area contributed by atoms with Gasteiger partial charge >= 0.3 is 0 Å². The van der Waals surface area contributed by atoms with E-state index in [1.165, 1.54) is 43.2 Å². The molecule has 31 heavy (non-hydrogen) atoms. The minimum Gasteiger partial charge on any atom is -0.348 e. The first-order valence-electron chi connectivity index (χ1n) is 11.6. The number of amides is 1. The number of hydrogen-bond donors (Lipinski definition) is 1. The summed E-state index contributed by atoms with van der Waals surface area (Å²) in [5, 5.41) is 9.62. The Morgan fingerprint density at radius 3 is 2.45 bits per heavy atom. The fourth-order valence-electron chi connectivity index (χ4n) is 4.63. The fraction of sp³-hybridized carbons (Fsp3) is 0.462. The van der Waals surface area contributed by atoms with Crippen molar-refractivity contribution in [3.63, 3.8) is 0 Å². The largest absolute Gasteiger partial charge is 0.348 e.